The molecule has 24 heavy (non-hydrogen) atoms. The van der Waals surface area contributed by atoms with Crippen molar-refractivity contribution in [2.75, 3.05) is 13.1 Å². The zero-order valence-corrected chi connectivity index (χ0v) is 13.9. The molecule has 0 spiro atoms. The molecule has 128 valence electrons. The molecule has 2 N–H and O–H groups in total. The Kier molecular flexibility index (Phi) is 5.25. The van der Waals surface area contributed by atoms with Gasteiger partial charge in [-0.25, -0.2) is 4.39 Å². The molecule has 0 saturated carbocycles. The van der Waals surface area contributed by atoms with Gasteiger partial charge in [-0.05, 0) is 56.6 Å². The average molecular weight is 330 g/mol. The summed E-state index contributed by atoms with van der Waals surface area (Å²) in [7, 11) is 0. The van der Waals surface area contributed by atoms with Crippen LogP contribution >= 0.6 is 0 Å². The minimum Gasteiger partial charge on any atom is -0.349 e. The maximum Gasteiger partial charge on any atom is 0.242 e. The van der Waals surface area contributed by atoms with Crippen LogP contribution in [0.4, 0.5) is 4.39 Å². The molecule has 1 aromatic carbocycles. The molecule has 1 saturated heterocycles. The standard InChI is InChI=1S/C18H23FN4O/c1-13-11-16(22-21-13)12-20-18(24)17(23-9-3-2-4-10-23)14-5-7-15(19)8-6-14/h5-8,11,17H,2-4,9-10,12H2,1H3,(H,20,24)(H,21,22)/t17-/m1/s1. The lowest BCUT2D eigenvalue weighted by Crippen LogP contribution is -2.42. The fourth-order valence-electron chi connectivity index (χ4n) is 3.19. The number of nitrogens with one attached hydrogen (secondary N) is 2. The summed E-state index contributed by atoms with van der Waals surface area (Å²) in [6.07, 6.45) is 3.37. The number of hydrogen-bond donors (Lipinski definition) is 2. The van der Waals surface area contributed by atoms with Crippen molar-refractivity contribution in [1.82, 2.24) is 20.4 Å². The van der Waals surface area contributed by atoms with E-state index in [1.165, 1.54) is 18.6 Å². The minimum absolute atomic E-state index is 0.0656. The minimum atomic E-state index is -0.383. The van der Waals surface area contributed by atoms with E-state index in [-0.39, 0.29) is 17.8 Å². The average Bonchev–Trinajstić information content (AvgIpc) is 3.01. The van der Waals surface area contributed by atoms with E-state index in [0.717, 1.165) is 42.9 Å². The summed E-state index contributed by atoms with van der Waals surface area (Å²) >= 11 is 0. The van der Waals surface area contributed by atoms with Crippen LogP contribution in [0.5, 0.6) is 0 Å². The molecular weight excluding hydrogens is 307 g/mol. The van der Waals surface area contributed by atoms with Crippen molar-refractivity contribution in [2.45, 2.75) is 38.8 Å². The normalized spacial score (nSPS) is 16.8. The number of halogens is 1. The highest BCUT2D eigenvalue weighted by molar-refractivity contribution is 5.83. The molecule has 1 aliphatic heterocycles. The van der Waals surface area contributed by atoms with Gasteiger partial charge < -0.3 is 5.32 Å². The number of likely N-dealkylation sites (tertiary alicyclic amines) is 1. The van der Waals surface area contributed by atoms with Crippen molar-refractivity contribution < 1.29 is 9.18 Å². The second-order valence-corrected chi connectivity index (χ2v) is 6.31. The lowest BCUT2D eigenvalue weighted by molar-refractivity contribution is -0.127. The zero-order chi connectivity index (χ0) is 16.9. The molecule has 1 atom stereocenters. The van der Waals surface area contributed by atoms with E-state index >= 15 is 0 Å². The summed E-state index contributed by atoms with van der Waals surface area (Å²) < 4.78 is 13.2. The summed E-state index contributed by atoms with van der Waals surface area (Å²) in [5.41, 5.74) is 2.59. The maximum atomic E-state index is 13.2. The molecular formula is C18H23FN4O. The predicted molar refractivity (Wildman–Crippen MR) is 89.7 cm³/mol. The smallest absolute Gasteiger partial charge is 0.242 e. The fraction of sp³-hybridized carbons (Fsp3) is 0.444. The number of benzene rings is 1. The SMILES string of the molecule is Cc1cc(CNC(=O)[C@@H](c2ccc(F)cc2)N2CCCCC2)n[nH]1. The quantitative estimate of drug-likeness (QED) is 0.886. The predicted octanol–water partition coefficient (Wildman–Crippen LogP) is 2.70. The molecule has 0 bridgehead atoms. The Morgan fingerprint density at radius 3 is 2.62 bits per heavy atom. The Bertz CT molecular complexity index is 677. The van der Waals surface area contributed by atoms with Crippen molar-refractivity contribution in [3.8, 4) is 0 Å². The molecule has 1 aliphatic rings. The van der Waals surface area contributed by atoms with Crippen molar-refractivity contribution in [3.05, 3.63) is 53.1 Å². The molecule has 0 aliphatic carbocycles. The van der Waals surface area contributed by atoms with Gasteiger partial charge in [0, 0.05) is 5.69 Å². The van der Waals surface area contributed by atoms with E-state index in [9.17, 15) is 9.18 Å². The van der Waals surface area contributed by atoms with Crippen LogP contribution in [-0.2, 0) is 11.3 Å². The number of piperidine rings is 1. The second kappa shape index (κ2) is 7.57. The molecule has 5 nitrogen and oxygen atoms in total. The van der Waals surface area contributed by atoms with Crippen LogP contribution in [0.25, 0.3) is 0 Å². The molecule has 2 aromatic rings. The number of H-pyrrole nitrogens is 1. The van der Waals surface area contributed by atoms with Gasteiger partial charge in [0.05, 0.1) is 12.2 Å². The third-order valence-corrected chi connectivity index (χ3v) is 4.39. The highest BCUT2D eigenvalue weighted by Crippen LogP contribution is 2.25. The van der Waals surface area contributed by atoms with Crippen LogP contribution in [0.2, 0.25) is 0 Å². The lowest BCUT2D eigenvalue weighted by Gasteiger charge is -2.33. The number of aromatic nitrogens is 2. The molecule has 2 heterocycles. The highest BCUT2D eigenvalue weighted by atomic mass is 19.1. The van der Waals surface area contributed by atoms with Crippen molar-refractivity contribution in [3.63, 3.8) is 0 Å². The number of hydrogen-bond acceptors (Lipinski definition) is 3. The van der Waals surface area contributed by atoms with Crippen LogP contribution in [-0.4, -0.2) is 34.1 Å². The van der Waals surface area contributed by atoms with Crippen molar-refractivity contribution in [2.24, 2.45) is 0 Å². The first-order chi connectivity index (χ1) is 11.6. The Balaban J connectivity index is 1.74. The Morgan fingerprint density at radius 2 is 2.00 bits per heavy atom. The summed E-state index contributed by atoms with van der Waals surface area (Å²) in [5, 5.41) is 9.98. The Morgan fingerprint density at radius 1 is 1.29 bits per heavy atom. The van der Waals surface area contributed by atoms with Crippen LogP contribution < -0.4 is 5.32 Å². The first-order valence-corrected chi connectivity index (χ1v) is 8.41. The van der Waals surface area contributed by atoms with Gasteiger partial charge in [-0.1, -0.05) is 18.6 Å². The number of amides is 1. The topological polar surface area (TPSA) is 61.0 Å². The second-order valence-electron chi connectivity index (χ2n) is 6.31. The van der Waals surface area contributed by atoms with E-state index in [2.05, 4.69) is 20.4 Å². The molecule has 3 rings (SSSR count). The molecule has 6 heteroatoms. The van der Waals surface area contributed by atoms with Crippen LogP contribution in [0.3, 0.4) is 0 Å². The third-order valence-electron chi connectivity index (χ3n) is 4.39. The van der Waals surface area contributed by atoms with E-state index < -0.39 is 0 Å². The van der Waals surface area contributed by atoms with Gasteiger partial charge in [-0.15, -0.1) is 0 Å². The fourth-order valence-corrected chi connectivity index (χ4v) is 3.19. The summed E-state index contributed by atoms with van der Waals surface area (Å²) in [6.45, 7) is 4.08. The molecule has 0 radical (unpaired) electrons. The van der Waals surface area contributed by atoms with Gasteiger partial charge in [-0.2, -0.15) is 5.10 Å². The first-order valence-electron chi connectivity index (χ1n) is 8.41. The Hall–Kier alpha value is -2.21. The molecule has 1 aromatic heterocycles. The Labute approximate surface area is 141 Å². The molecule has 1 fully saturated rings. The number of carbonyl (C=O) groups excluding carboxylic acids is 1. The van der Waals surface area contributed by atoms with Gasteiger partial charge in [0.1, 0.15) is 11.9 Å². The monoisotopic (exact) mass is 330 g/mol. The largest absolute Gasteiger partial charge is 0.349 e. The molecule has 0 unspecified atom stereocenters. The van der Waals surface area contributed by atoms with Gasteiger partial charge in [0.25, 0.3) is 0 Å². The number of carbonyl (C=O) groups is 1. The van der Waals surface area contributed by atoms with Crippen molar-refractivity contribution in [1.29, 1.82) is 0 Å². The first kappa shape index (κ1) is 16.6. The van der Waals surface area contributed by atoms with Crippen molar-refractivity contribution >= 4 is 5.91 Å². The zero-order valence-electron chi connectivity index (χ0n) is 13.9. The van der Waals surface area contributed by atoms with E-state index in [0.29, 0.717) is 6.54 Å². The van der Waals surface area contributed by atoms with Gasteiger partial charge in [0.15, 0.2) is 0 Å². The number of aryl methyl sites for hydroxylation is 1. The summed E-state index contributed by atoms with van der Waals surface area (Å²) in [4.78, 5) is 15.0. The number of nitrogens with zero attached hydrogens (tertiary/aromatic N) is 2. The lowest BCUT2D eigenvalue weighted by atomic mass is 10.0. The number of rotatable bonds is 5. The summed E-state index contributed by atoms with van der Waals surface area (Å²) in [5.74, 6) is -0.354. The highest BCUT2D eigenvalue weighted by Gasteiger charge is 2.28. The summed E-state index contributed by atoms with van der Waals surface area (Å²) in [6, 6.07) is 7.76. The molecule has 1 amide bonds. The van der Waals surface area contributed by atoms with Crippen LogP contribution in [0, 0.1) is 12.7 Å². The number of aromatic amines is 1. The van der Waals surface area contributed by atoms with Crippen LogP contribution in [0.15, 0.2) is 30.3 Å². The van der Waals surface area contributed by atoms with Gasteiger partial charge >= 0.3 is 0 Å². The van der Waals surface area contributed by atoms with Gasteiger partial charge in [0.2, 0.25) is 5.91 Å². The van der Waals surface area contributed by atoms with E-state index in [1.807, 2.05) is 13.0 Å². The van der Waals surface area contributed by atoms with Crippen LogP contribution in [0.1, 0.15) is 42.3 Å². The third kappa shape index (κ3) is 4.00. The van der Waals surface area contributed by atoms with E-state index in [4.69, 9.17) is 0 Å². The van der Waals surface area contributed by atoms with Gasteiger partial charge in [-0.3, -0.25) is 14.8 Å². The maximum absolute atomic E-state index is 13.2. The van der Waals surface area contributed by atoms with E-state index in [1.54, 1.807) is 12.1 Å².